The molecule has 0 bridgehead atoms. The molecule has 1 saturated heterocycles. The number of allylic oxidation sites excluding steroid dienone is 1. The van der Waals surface area contributed by atoms with Crippen LogP contribution in [0, 0.1) is 10.1 Å². The summed E-state index contributed by atoms with van der Waals surface area (Å²) in [5.74, 6) is 0.383. The molecule has 1 aromatic heterocycles. The lowest BCUT2D eigenvalue weighted by Gasteiger charge is -2.18. The number of halogens is 1. The highest BCUT2D eigenvalue weighted by Gasteiger charge is 2.24. The second kappa shape index (κ2) is 11.4. The molecule has 10 nitrogen and oxygen atoms in total. The Morgan fingerprint density at radius 2 is 2.21 bits per heavy atom. The van der Waals surface area contributed by atoms with E-state index in [2.05, 4.69) is 20.6 Å². The van der Waals surface area contributed by atoms with Gasteiger partial charge in [0.1, 0.15) is 10.9 Å². The normalized spacial score (nSPS) is 16.2. The fraction of sp³-hybridized carbons (Fsp3) is 0.556. The van der Waals surface area contributed by atoms with Crippen molar-refractivity contribution in [2.24, 2.45) is 10.7 Å². The van der Waals surface area contributed by atoms with Crippen LogP contribution in [0.3, 0.4) is 0 Å². The zero-order valence-electron chi connectivity index (χ0n) is 16.6. The minimum Gasteiger partial charge on any atom is -0.474 e. The van der Waals surface area contributed by atoms with Crippen LogP contribution in [0.1, 0.15) is 26.2 Å². The number of hydrogen-bond donors (Lipinski definition) is 3. The molecular formula is C18H27ClN6O4. The van der Waals surface area contributed by atoms with E-state index in [-0.39, 0.29) is 29.9 Å². The van der Waals surface area contributed by atoms with Crippen molar-refractivity contribution in [1.82, 2.24) is 4.98 Å². The highest BCUT2D eigenvalue weighted by atomic mass is 35.5. The number of rotatable bonds is 10. The molecule has 0 aliphatic carbocycles. The fourth-order valence-corrected chi connectivity index (χ4v) is 3.00. The van der Waals surface area contributed by atoms with Crippen LogP contribution in [0.15, 0.2) is 28.7 Å². The van der Waals surface area contributed by atoms with Crippen LogP contribution in [0.4, 0.5) is 11.5 Å². The summed E-state index contributed by atoms with van der Waals surface area (Å²) in [6.45, 7) is 3.52. The second-order valence-corrected chi connectivity index (χ2v) is 6.82. The molecule has 11 heteroatoms. The first-order chi connectivity index (χ1) is 13.9. The molecule has 1 aromatic rings. The third-order valence-electron chi connectivity index (χ3n) is 4.33. The molecule has 1 aliphatic heterocycles. The first-order valence-corrected chi connectivity index (χ1v) is 9.77. The lowest BCUT2D eigenvalue weighted by atomic mass is 10.1. The smallest absolute Gasteiger partial charge is 0.348 e. The van der Waals surface area contributed by atoms with Crippen LogP contribution >= 0.6 is 11.6 Å². The quantitative estimate of drug-likeness (QED) is 0.130. The highest BCUT2D eigenvalue weighted by Crippen LogP contribution is 2.21. The van der Waals surface area contributed by atoms with E-state index in [1.807, 2.05) is 6.07 Å². The molecule has 0 saturated carbocycles. The Hall–Kier alpha value is -2.59. The maximum atomic E-state index is 11.4. The van der Waals surface area contributed by atoms with E-state index in [4.69, 9.17) is 26.8 Å². The van der Waals surface area contributed by atoms with E-state index in [1.165, 1.54) is 0 Å². The molecular weight excluding hydrogens is 400 g/mol. The van der Waals surface area contributed by atoms with E-state index in [0.717, 1.165) is 18.5 Å². The standard InChI is InChI=1S/C18H27ClN6O4/c1-12(23-13-6-10-28-11-7-13)16(25(26)27)17(20)29-9-3-8-22-18-14(21-2)4-5-15(19)24-18/h4-5,13,21H,3,6-11,20H2,1-2H3,(H,22,24). The van der Waals surface area contributed by atoms with E-state index < -0.39 is 4.92 Å². The Balaban J connectivity index is 1.89. The summed E-state index contributed by atoms with van der Waals surface area (Å²) in [4.78, 5) is 19.5. The van der Waals surface area contributed by atoms with E-state index in [9.17, 15) is 10.1 Å². The van der Waals surface area contributed by atoms with Crippen molar-refractivity contribution < 1.29 is 14.4 Å². The first kappa shape index (κ1) is 22.7. The summed E-state index contributed by atoms with van der Waals surface area (Å²) in [5, 5.41) is 18.0. The van der Waals surface area contributed by atoms with E-state index >= 15 is 0 Å². The summed E-state index contributed by atoms with van der Waals surface area (Å²) >= 11 is 5.91. The van der Waals surface area contributed by atoms with Gasteiger partial charge in [0.2, 0.25) is 0 Å². The van der Waals surface area contributed by atoms with Crippen LogP contribution < -0.4 is 16.4 Å². The number of hydrogen-bond acceptors (Lipinski definition) is 9. The third kappa shape index (κ3) is 7.06. The third-order valence-corrected chi connectivity index (χ3v) is 4.54. The molecule has 2 rings (SSSR count). The van der Waals surface area contributed by atoms with Gasteiger partial charge in [-0.05, 0) is 38.3 Å². The Bertz CT molecular complexity index is 765. The topological polar surface area (TPSA) is 137 Å². The minimum absolute atomic E-state index is 0.00210. The van der Waals surface area contributed by atoms with Crippen LogP contribution in [0.5, 0.6) is 0 Å². The maximum absolute atomic E-state index is 11.4. The summed E-state index contributed by atoms with van der Waals surface area (Å²) in [6, 6.07) is 3.51. The fourth-order valence-electron chi connectivity index (χ4n) is 2.85. The number of nitrogens with zero attached hydrogens (tertiary/aromatic N) is 3. The van der Waals surface area contributed by atoms with Crippen molar-refractivity contribution in [3.05, 3.63) is 39.0 Å². The Labute approximate surface area is 174 Å². The Morgan fingerprint density at radius 1 is 1.48 bits per heavy atom. The molecule has 0 spiro atoms. The number of pyridine rings is 1. The van der Waals surface area contributed by atoms with Crippen LogP contribution in [-0.2, 0) is 9.47 Å². The van der Waals surface area contributed by atoms with Crippen molar-refractivity contribution in [2.45, 2.75) is 32.2 Å². The molecule has 0 unspecified atom stereocenters. The van der Waals surface area contributed by atoms with Crippen LogP contribution in [-0.4, -0.2) is 55.1 Å². The average molecular weight is 427 g/mol. The largest absolute Gasteiger partial charge is 0.474 e. The molecule has 2 heterocycles. The number of aliphatic imine (C=N–C) groups is 1. The number of ether oxygens (including phenoxy) is 2. The van der Waals surface area contributed by atoms with Gasteiger partial charge >= 0.3 is 5.70 Å². The summed E-state index contributed by atoms with van der Waals surface area (Å²) in [5.41, 5.74) is 6.61. The zero-order chi connectivity index (χ0) is 21.2. The zero-order valence-corrected chi connectivity index (χ0v) is 17.4. The van der Waals surface area contributed by atoms with Crippen molar-refractivity contribution in [1.29, 1.82) is 0 Å². The van der Waals surface area contributed by atoms with Gasteiger partial charge in [0.05, 0.1) is 23.3 Å². The lowest BCUT2D eigenvalue weighted by Crippen LogP contribution is -2.23. The van der Waals surface area contributed by atoms with Crippen LogP contribution in [0.2, 0.25) is 5.15 Å². The van der Waals surface area contributed by atoms with Gasteiger partial charge in [0, 0.05) is 26.8 Å². The summed E-state index contributed by atoms with van der Waals surface area (Å²) < 4.78 is 10.7. The number of nitrogens with one attached hydrogen (secondary N) is 2. The van der Waals surface area contributed by atoms with Crippen molar-refractivity contribution >= 4 is 28.8 Å². The van der Waals surface area contributed by atoms with Gasteiger partial charge in [-0.15, -0.1) is 0 Å². The molecule has 160 valence electrons. The second-order valence-electron chi connectivity index (χ2n) is 6.44. The van der Waals surface area contributed by atoms with Gasteiger partial charge in [0.25, 0.3) is 5.88 Å². The monoisotopic (exact) mass is 426 g/mol. The number of nitrogens with two attached hydrogens (primary N) is 1. The molecule has 29 heavy (non-hydrogen) atoms. The molecule has 0 radical (unpaired) electrons. The predicted octanol–water partition coefficient (Wildman–Crippen LogP) is 2.64. The van der Waals surface area contributed by atoms with E-state index in [0.29, 0.717) is 37.2 Å². The van der Waals surface area contributed by atoms with Crippen molar-refractivity contribution in [2.75, 3.05) is 44.0 Å². The summed E-state index contributed by atoms with van der Waals surface area (Å²) in [7, 11) is 1.79. The molecule has 4 N–H and O–H groups in total. The SMILES string of the molecule is CNc1ccc(Cl)nc1NCCCOC(N)=C(C(C)=NC1CCOCC1)[N+](=O)[O-]. The Morgan fingerprint density at radius 3 is 2.86 bits per heavy atom. The van der Waals surface area contributed by atoms with Crippen molar-refractivity contribution in [3.63, 3.8) is 0 Å². The number of anilines is 2. The van der Waals surface area contributed by atoms with Crippen LogP contribution in [0.25, 0.3) is 0 Å². The number of aromatic nitrogens is 1. The van der Waals surface area contributed by atoms with Gasteiger partial charge < -0.3 is 25.8 Å². The number of nitro groups is 1. The molecule has 1 aliphatic rings. The minimum atomic E-state index is -0.555. The van der Waals surface area contributed by atoms with Gasteiger partial charge in [-0.25, -0.2) is 4.98 Å². The van der Waals surface area contributed by atoms with E-state index in [1.54, 1.807) is 20.0 Å². The Kier molecular flexibility index (Phi) is 8.94. The van der Waals surface area contributed by atoms with Gasteiger partial charge in [0.15, 0.2) is 5.82 Å². The van der Waals surface area contributed by atoms with Gasteiger partial charge in [-0.3, -0.25) is 15.1 Å². The molecule has 0 aromatic carbocycles. The maximum Gasteiger partial charge on any atom is 0.348 e. The first-order valence-electron chi connectivity index (χ1n) is 9.40. The summed E-state index contributed by atoms with van der Waals surface area (Å²) in [6.07, 6.45) is 2.03. The molecule has 0 atom stereocenters. The molecule has 0 amide bonds. The lowest BCUT2D eigenvalue weighted by molar-refractivity contribution is -0.418. The van der Waals surface area contributed by atoms with Gasteiger partial charge in [-0.2, -0.15) is 0 Å². The van der Waals surface area contributed by atoms with Crippen molar-refractivity contribution in [3.8, 4) is 0 Å². The highest BCUT2D eigenvalue weighted by molar-refractivity contribution is 6.29. The predicted molar refractivity (Wildman–Crippen MR) is 113 cm³/mol. The average Bonchev–Trinajstić information content (AvgIpc) is 2.68. The molecule has 1 fully saturated rings. The van der Waals surface area contributed by atoms with Gasteiger partial charge in [-0.1, -0.05) is 11.6 Å².